The number of hydrogen-bond donors (Lipinski definition) is 1. The molecule has 1 nitrogen and oxygen atoms in total. The largest absolute Gasteiger partial charge is 0.320 e. The zero-order valence-corrected chi connectivity index (χ0v) is 11.7. The summed E-state index contributed by atoms with van der Waals surface area (Å²) in [5.74, 6) is 7.52. The van der Waals surface area contributed by atoms with Crippen molar-refractivity contribution in [3.05, 3.63) is 35.1 Å². The lowest BCUT2D eigenvalue weighted by atomic mass is 10.1. The lowest BCUT2D eigenvalue weighted by Crippen LogP contribution is -1.95. The Morgan fingerprint density at radius 1 is 1.33 bits per heavy atom. The van der Waals surface area contributed by atoms with Crippen LogP contribution in [0.3, 0.4) is 0 Å². The minimum Gasteiger partial charge on any atom is -0.320 e. The summed E-state index contributed by atoms with van der Waals surface area (Å²) in [4.78, 5) is 0. The molecule has 0 amide bonds. The van der Waals surface area contributed by atoms with E-state index in [1.165, 1.54) is 31.4 Å². The van der Waals surface area contributed by atoms with Gasteiger partial charge < -0.3 is 5.73 Å². The van der Waals surface area contributed by atoms with E-state index in [0.29, 0.717) is 6.54 Å². The maximum atomic E-state index is 13.2. The van der Waals surface area contributed by atoms with Crippen LogP contribution in [0.2, 0.25) is 0 Å². The average molecular weight is 265 g/mol. The average Bonchev–Trinajstić information content (AvgIpc) is 2.38. The highest BCUT2D eigenvalue weighted by atomic mass is 32.2. The van der Waals surface area contributed by atoms with Crippen LogP contribution < -0.4 is 5.73 Å². The first-order valence-electron chi connectivity index (χ1n) is 6.33. The first-order chi connectivity index (χ1) is 8.77. The molecule has 0 radical (unpaired) electrons. The second-order valence-electron chi connectivity index (χ2n) is 4.07. The zero-order valence-electron chi connectivity index (χ0n) is 10.8. The highest BCUT2D eigenvalue weighted by Crippen LogP contribution is 2.18. The van der Waals surface area contributed by atoms with Gasteiger partial charge in [-0.25, -0.2) is 4.39 Å². The summed E-state index contributed by atoms with van der Waals surface area (Å²) >= 11 is 1.88. The predicted octanol–water partition coefficient (Wildman–Crippen LogP) is 3.56. The molecule has 1 rings (SSSR count). The van der Waals surface area contributed by atoms with Gasteiger partial charge in [0.25, 0.3) is 0 Å². The number of halogens is 1. The van der Waals surface area contributed by atoms with E-state index in [2.05, 4.69) is 18.8 Å². The van der Waals surface area contributed by atoms with Crippen LogP contribution in [0.1, 0.15) is 37.3 Å². The molecule has 0 aliphatic carbocycles. The van der Waals surface area contributed by atoms with E-state index in [-0.39, 0.29) is 5.82 Å². The van der Waals surface area contributed by atoms with Gasteiger partial charge in [0.2, 0.25) is 0 Å². The smallest absolute Gasteiger partial charge is 0.124 e. The summed E-state index contributed by atoms with van der Waals surface area (Å²) in [6, 6.07) is 4.81. The van der Waals surface area contributed by atoms with E-state index in [9.17, 15) is 4.39 Å². The summed E-state index contributed by atoms with van der Waals surface area (Å²) in [6.07, 6.45) is 3.76. The van der Waals surface area contributed by atoms with Gasteiger partial charge in [-0.05, 0) is 29.9 Å². The first-order valence-corrected chi connectivity index (χ1v) is 7.48. The van der Waals surface area contributed by atoms with Crippen LogP contribution >= 0.6 is 11.8 Å². The molecule has 18 heavy (non-hydrogen) atoms. The van der Waals surface area contributed by atoms with Crippen molar-refractivity contribution in [3.63, 3.8) is 0 Å². The normalized spacial score (nSPS) is 9.94. The molecule has 0 aromatic heterocycles. The topological polar surface area (TPSA) is 26.0 Å². The Balaban J connectivity index is 2.58. The fourth-order valence-corrected chi connectivity index (χ4v) is 2.60. The van der Waals surface area contributed by atoms with Crippen molar-refractivity contribution in [2.24, 2.45) is 5.73 Å². The van der Waals surface area contributed by atoms with Crippen molar-refractivity contribution >= 4 is 11.8 Å². The third-order valence-electron chi connectivity index (χ3n) is 2.55. The number of benzene rings is 1. The number of thioether (sulfide) groups is 1. The van der Waals surface area contributed by atoms with Crippen LogP contribution in [0, 0.1) is 17.7 Å². The quantitative estimate of drug-likeness (QED) is 0.628. The van der Waals surface area contributed by atoms with Crippen LogP contribution in [0.15, 0.2) is 18.2 Å². The van der Waals surface area contributed by atoms with Gasteiger partial charge in [0.05, 0.1) is 6.54 Å². The molecule has 3 heteroatoms. The number of hydrogen-bond acceptors (Lipinski definition) is 2. The molecule has 0 bridgehead atoms. The van der Waals surface area contributed by atoms with Gasteiger partial charge in [-0.2, -0.15) is 11.8 Å². The summed E-state index contributed by atoms with van der Waals surface area (Å²) in [7, 11) is 0. The summed E-state index contributed by atoms with van der Waals surface area (Å²) < 4.78 is 13.2. The molecule has 0 saturated carbocycles. The van der Waals surface area contributed by atoms with Gasteiger partial charge >= 0.3 is 0 Å². The Bertz CT molecular complexity index is 420. The van der Waals surface area contributed by atoms with E-state index in [1.807, 2.05) is 17.8 Å². The molecule has 0 aliphatic rings. The fourth-order valence-electron chi connectivity index (χ4n) is 1.57. The Kier molecular flexibility index (Phi) is 7.55. The molecule has 98 valence electrons. The van der Waals surface area contributed by atoms with Crippen LogP contribution in [0.5, 0.6) is 0 Å². The van der Waals surface area contributed by atoms with E-state index in [4.69, 9.17) is 5.73 Å². The van der Waals surface area contributed by atoms with Gasteiger partial charge in [0.1, 0.15) is 5.82 Å². The highest BCUT2D eigenvalue weighted by molar-refractivity contribution is 7.98. The second-order valence-corrected chi connectivity index (χ2v) is 5.17. The Labute approximate surface area is 113 Å². The van der Waals surface area contributed by atoms with Gasteiger partial charge in [0, 0.05) is 11.3 Å². The Hall–Kier alpha value is -0.980. The van der Waals surface area contributed by atoms with E-state index in [1.54, 1.807) is 0 Å². The molecule has 0 fully saturated rings. The molecule has 0 saturated heterocycles. The number of unbranched alkanes of at least 4 members (excludes halogenated alkanes) is 2. The van der Waals surface area contributed by atoms with Gasteiger partial charge in [-0.3, -0.25) is 0 Å². The Morgan fingerprint density at radius 2 is 2.17 bits per heavy atom. The molecule has 1 aromatic rings. The summed E-state index contributed by atoms with van der Waals surface area (Å²) in [5.41, 5.74) is 7.21. The van der Waals surface area contributed by atoms with Crippen molar-refractivity contribution in [1.82, 2.24) is 0 Å². The maximum absolute atomic E-state index is 13.2. The van der Waals surface area contributed by atoms with Crippen molar-refractivity contribution in [2.45, 2.75) is 31.9 Å². The lowest BCUT2D eigenvalue weighted by Gasteiger charge is -2.05. The monoisotopic (exact) mass is 265 g/mol. The molecule has 0 unspecified atom stereocenters. The molecule has 0 heterocycles. The third kappa shape index (κ3) is 5.57. The standard InChI is InChI=1S/C15H20FNS/c1-2-3-4-10-18-12-14-7-8-15(16)11-13(14)6-5-9-17/h7-8,11H,2-4,9-10,12,17H2,1H3. The second kappa shape index (κ2) is 9.02. The lowest BCUT2D eigenvalue weighted by molar-refractivity contribution is 0.627. The summed E-state index contributed by atoms with van der Waals surface area (Å²) in [5, 5.41) is 0. The number of rotatable bonds is 6. The summed E-state index contributed by atoms with van der Waals surface area (Å²) in [6.45, 7) is 2.50. The molecule has 0 spiro atoms. The van der Waals surface area contributed by atoms with Crippen LogP contribution in [0.25, 0.3) is 0 Å². The molecule has 2 N–H and O–H groups in total. The van der Waals surface area contributed by atoms with Gasteiger partial charge in [0.15, 0.2) is 0 Å². The van der Waals surface area contributed by atoms with Crippen molar-refractivity contribution in [3.8, 4) is 11.8 Å². The molecule has 0 atom stereocenters. The van der Waals surface area contributed by atoms with E-state index < -0.39 is 0 Å². The Morgan fingerprint density at radius 3 is 2.89 bits per heavy atom. The fraction of sp³-hybridized carbons (Fsp3) is 0.467. The van der Waals surface area contributed by atoms with Crippen LogP contribution in [-0.4, -0.2) is 12.3 Å². The maximum Gasteiger partial charge on any atom is 0.124 e. The van der Waals surface area contributed by atoms with Crippen LogP contribution in [0.4, 0.5) is 4.39 Å². The SMILES string of the molecule is CCCCCSCc1ccc(F)cc1C#CCN. The molecule has 0 aliphatic heterocycles. The molecular formula is C15H20FNS. The zero-order chi connectivity index (χ0) is 13.2. The third-order valence-corrected chi connectivity index (χ3v) is 3.64. The molecule has 1 aromatic carbocycles. The van der Waals surface area contributed by atoms with Gasteiger partial charge in [-0.15, -0.1) is 0 Å². The van der Waals surface area contributed by atoms with E-state index in [0.717, 1.165) is 22.6 Å². The van der Waals surface area contributed by atoms with Crippen molar-refractivity contribution in [1.29, 1.82) is 0 Å². The van der Waals surface area contributed by atoms with Crippen molar-refractivity contribution < 1.29 is 4.39 Å². The minimum atomic E-state index is -0.240. The first kappa shape index (κ1) is 15.1. The van der Waals surface area contributed by atoms with Crippen LogP contribution in [-0.2, 0) is 5.75 Å². The van der Waals surface area contributed by atoms with Crippen molar-refractivity contribution in [2.75, 3.05) is 12.3 Å². The van der Waals surface area contributed by atoms with E-state index >= 15 is 0 Å². The minimum absolute atomic E-state index is 0.240. The number of nitrogens with two attached hydrogens (primary N) is 1. The van der Waals surface area contributed by atoms with Gasteiger partial charge in [-0.1, -0.05) is 37.7 Å². The highest BCUT2D eigenvalue weighted by Gasteiger charge is 2.02. The molecular weight excluding hydrogens is 245 g/mol. The predicted molar refractivity (Wildman–Crippen MR) is 78.0 cm³/mol.